The number of aromatic nitrogens is 4. The second-order valence-corrected chi connectivity index (χ2v) is 10.3. The van der Waals surface area contributed by atoms with Gasteiger partial charge in [-0.15, -0.1) is 0 Å². The van der Waals surface area contributed by atoms with E-state index in [1.165, 1.54) is 6.07 Å². The number of hydrogen-bond donors (Lipinski definition) is 3. The summed E-state index contributed by atoms with van der Waals surface area (Å²) in [6.07, 6.45) is 2.42. The van der Waals surface area contributed by atoms with Crippen LogP contribution in [0.4, 0.5) is 15.0 Å². The van der Waals surface area contributed by atoms with Crippen molar-refractivity contribution in [3.8, 4) is 22.5 Å². The fourth-order valence-electron chi connectivity index (χ4n) is 5.07. The number of anilines is 1. The van der Waals surface area contributed by atoms with E-state index in [4.69, 9.17) is 4.52 Å². The van der Waals surface area contributed by atoms with Crippen LogP contribution in [0.2, 0.25) is 0 Å². The zero-order valence-electron chi connectivity index (χ0n) is 23.1. The third kappa shape index (κ3) is 5.38. The molecule has 4 heterocycles. The van der Waals surface area contributed by atoms with Gasteiger partial charge >= 0.3 is 6.03 Å². The van der Waals surface area contributed by atoms with Crippen molar-refractivity contribution < 1.29 is 18.5 Å². The van der Waals surface area contributed by atoms with Gasteiger partial charge < -0.3 is 25.0 Å². The summed E-state index contributed by atoms with van der Waals surface area (Å²) in [5, 5.41) is 18.1. The number of aromatic amines is 1. The van der Waals surface area contributed by atoms with Gasteiger partial charge in [0.1, 0.15) is 5.82 Å². The minimum atomic E-state index is -0.466. The lowest BCUT2D eigenvalue weighted by molar-refractivity contribution is 0.0941. The summed E-state index contributed by atoms with van der Waals surface area (Å²) in [6.45, 7) is 1.18. The number of pyridine rings is 1. The van der Waals surface area contributed by atoms with E-state index in [0.29, 0.717) is 41.4 Å². The van der Waals surface area contributed by atoms with E-state index in [2.05, 4.69) is 31.0 Å². The molecule has 42 heavy (non-hydrogen) atoms. The summed E-state index contributed by atoms with van der Waals surface area (Å²) in [4.78, 5) is 32.7. The van der Waals surface area contributed by atoms with Crippen molar-refractivity contribution in [2.24, 2.45) is 0 Å². The second kappa shape index (κ2) is 11.3. The summed E-state index contributed by atoms with van der Waals surface area (Å²) in [5.74, 6) is 0.137. The second-order valence-electron chi connectivity index (χ2n) is 10.3. The highest BCUT2D eigenvalue weighted by atomic mass is 19.1. The van der Waals surface area contributed by atoms with Crippen LogP contribution < -0.4 is 10.6 Å². The van der Waals surface area contributed by atoms with Gasteiger partial charge in [0, 0.05) is 63.2 Å². The molecule has 0 spiro atoms. The Labute approximate surface area is 240 Å². The quantitative estimate of drug-likeness (QED) is 0.263. The maximum absolute atomic E-state index is 15.3. The smallest absolute Gasteiger partial charge is 0.319 e. The zero-order chi connectivity index (χ0) is 29.2. The Balaban J connectivity index is 1.16. The number of halogens is 1. The summed E-state index contributed by atoms with van der Waals surface area (Å²) in [5.41, 5.74) is 3.19. The first-order valence-corrected chi connectivity index (χ1v) is 13.5. The Morgan fingerprint density at radius 1 is 1.12 bits per heavy atom. The number of likely N-dealkylation sites (tertiary alicyclic amines) is 1. The van der Waals surface area contributed by atoms with E-state index in [0.717, 1.165) is 22.9 Å². The molecular weight excluding hydrogens is 539 g/mol. The van der Waals surface area contributed by atoms with Gasteiger partial charge in [0.25, 0.3) is 5.91 Å². The normalized spacial score (nSPS) is 14.7. The number of rotatable bonds is 7. The van der Waals surface area contributed by atoms with Crippen LogP contribution in [0.15, 0.2) is 71.4 Å². The fraction of sp³-hybridized carbons (Fsp3) is 0.233. The van der Waals surface area contributed by atoms with Crippen molar-refractivity contribution >= 4 is 28.8 Å². The minimum absolute atomic E-state index is 0.0182. The van der Waals surface area contributed by atoms with Crippen molar-refractivity contribution in [2.75, 3.05) is 32.5 Å². The lowest BCUT2D eigenvalue weighted by atomic mass is 10.0. The summed E-state index contributed by atoms with van der Waals surface area (Å²) >= 11 is 0. The highest BCUT2D eigenvalue weighted by molar-refractivity contribution is 6.00. The standard InChI is InChI=1S/C30H29FN8O3/c1-38(2)30(41)39-13-11-21(17-39)34-28-26-22(10-12-32-27(26)35-36-28)19-8-9-20(23(31)14-19)16-33-29(40)24-15-25(42-37-24)18-6-4-3-5-7-18/h3-10,12,14-15,21H,11,13,16-17H2,1-2H3,(H,33,40)(H2,32,34,35,36)/t21-/m1/s1. The van der Waals surface area contributed by atoms with Gasteiger partial charge in [-0.25, -0.2) is 14.2 Å². The average molecular weight is 569 g/mol. The van der Waals surface area contributed by atoms with Gasteiger partial charge in [0.05, 0.1) is 5.39 Å². The minimum Gasteiger partial charge on any atom is -0.363 e. The van der Waals surface area contributed by atoms with Crippen LogP contribution in [0.1, 0.15) is 22.5 Å². The summed E-state index contributed by atoms with van der Waals surface area (Å²) in [6, 6.07) is 17.6. The SMILES string of the molecule is CN(C)C(=O)N1CC[C@@H](Nc2n[nH]c3nccc(-c4ccc(CNC(=O)c5cc(-c6ccccc6)on5)c(F)c4)c23)C1. The molecule has 6 rings (SSSR count). The third-order valence-electron chi connectivity index (χ3n) is 7.25. The van der Waals surface area contributed by atoms with E-state index in [9.17, 15) is 9.59 Å². The first-order valence-electron chi connectivity index (χ1n) is 13.5. The molecule has 1 aliphatic rings. The molecule has 1 saturated heterocycles. The van der Waals surface area contributed by atoms with Crippen molar-refractivity contribution in [1.29, 1.82) is 0 Å². The monoisotopic (exact) mass is 568 g/mol. The molecule has 0 saturated carbocycles. The molecule has 0 unspecified atom stereocenters. The molecule has 0 bridgehead atoms. The number of benzene rings is 2. The number of carbonyl (C=O) groups is 2. The van der Waals surface area contributed by atoms with Gasteiger partial charge in [0.15, 0.2) is 22.9 Å². The molecule has 3 aromatic heterocycles. The number of nitrogens with zero attached hydrogens (tertiary/aromatic N) is 5. The molecule has 1 aliphatic heterocycles. The predicted octanol–water partition coefficient (Wildman–Crippen LogP) is 4.52. The van der Waals surface area contributed by atoms with E-state index in [1.54, 1.807) is 48.3 Å². The maximum atomic E-state index is 15.3. The first-order chi connectivity index (χ1) is 20.4. The number of H-pyrrole nitrogens is 1. The molecule has 0 aliphatic carbocycles. The molecule has 11 nitrogen and oxygen atoms in total. The Hall–Kier alpha value is -5.26. The average Bonchev–Trinajstić information content (AvgIpc) is 3.77. The van der Waals surface area contributed by atoms with Crippen LogP contribution in [0.25, 0.3) is 33.5 Å². The lowest BCUT2D eigenvalue weighted by Crippen LogP contribution is -2.38. The Kier molecular flexibility index (Phi) is 7.26. The zero-order valence-corrected chi connectivity index (χ0v) is 23.1. The van der Waals surface area contributed by atoms with E-state index >= 15 is 4.39 Å². The van der Waals surface area contributed by atoms with E-state index < -0.39 is 11.7 Å². The molecule has 3 N–H and O–H groups in total. The van der Waals surface area contributed by atoms with Gasteiger partial charge in [0.2, 0.25) is 0 Å². The van der Waals surface area contributed by atoms with Crippen LogP contribution in [-0.4, -0.2) is 75.3 Å². The first kappa shape index (κ1) is 26.9. The van der Waals surface area contributed by atoms with Crippen molar-refractivity contribution in [3.05, 3.63) is 83.9 Å². The van der Waals surface area contributed by atoms with Crippen molar-refractivity contribution in [3.63, 3.8) is 0 Å². The molecule has 5 aromatic rings. The highest BCUT2D eigenvalue weighted by Crippen LogP contribution is 2.33. The van der Waals surface area contributed by atoms with E-state index in [-0.39, 0.29) is 24.3 Å². The number of urea groups is 1. The topological polar surface area (TPSA) is 132 Å². The third-order valence-corrected chi connectivity index (χ3v) is 7.25. The van der Waals surface area contributed by atoms with Crippen molar-refractivity contribution in [1.82, 2.24) is 35.5 Å². The fourth-order valence-corrected chi connectivity index (χ4v) is 5.07. The number of hydrogen-bond acceptors (Lipinski definition) is 7. The van der Waals surface area contributed by atoms with Crippen LogP contribution in [-0.2, 0) is 6.54 Å². The number of fused-ring (bicyclic) bond motifs is 1. The molecular formula is C30H29FN8O3. The predicted molar refractivity (Wildman–Crippen MR) is 155 cm³/mol. The lowest BCUT2D eigenvalue weighted by Gasteiger charge is -2.21. The Morgan fingerprint density at radius 3 is 2.74 bits per heavy atom. The van der Waals surface area contributed by atoms with Crippen LogP contribution in [0.5, 0.6) is 0 Å². The Morgan fingerprint density at radius 2 is 1.95 bits per heavy atom. The largest absolute Gasteiger partial charge is 0.363 e. The van der Waals surface area contributed by atoms with Gasteiger partial charge in [-0.3, -0.25) is 9.89 Å². The molecule has 1 atom stereocenters. The van der Waals surface area contributed by atoms with E-state index in [1.807, 2.05) is 36.4 Å². The molecule has 3 amide bonds. The van der Waals surface area contributed by atoms with Gasteiger partial charge in [-0.1, -0.05) is 47.6 Å². The molecule has 1 fully saturated rings. The summed E-state index contributed by atoms with van der Waals surface area (Å²) in [7, 11) is 3.47. The molecule has 12 heteroatoms. The molecule has 214 valence electrons. The van der Waals surface area contributed by atoms with Gasteiger partial charge in [-0.2, -0.15) is 5.10 Å². The number of amides is 3. The molecule has 2 aromatic carbocycles. The van der Waals surface area contributed by atoms with Crippen molar-refractivity contribution in [2.45, 2.75) is 19.0 Å². The Bertz CT molecular complexity index is 1750. The number of carbonyl (C=O) groups excluding carboxylic acids is 2. The number of nitrogens with one attached hydrogen (secondary N) is 3. The van der Waals surface area contributed by atoms with Crippen LogP contribution in [0, 0.1) is 5.82 Å². The van der Waals surface area contributed by atoms with Crippen LogP contribution in [0.3, 0.4) is 0 Å². The highest BCUT2D eigenvalue weighted by Gasteiger charge is 2.28. The van der Waals surface area contributed by atoms with Gasteiger partial charge in [-0.05, 0) is 29.7 Å². The summed E-state index contributed by atoms with van der Waals surface area (Å²) < 4.78 is 20.6. The maximum Gasteiger partial charge on any atom is 0.319 e. The molecule has 0 radical (unpaired) electrons. The van der Waals surface area contributed by atoms with Crippen LogP contribution >= 0.6 is 0 Å².